The molecule has 0 unspecified atom stereocenters. The summed E-state index contributed by atoms with van der Waals surface area (Å²) >= 11 is -1.82. The summed E-state index contributed by atoms with van der Waals surface area (Å²) in [4.78, 5) is 4.75. The third-order valence-corrected chi connectivity index (χ3v) is 11.2. The van der Waals surface area contributed by atoms with Gasteiger partial charge in [0, 0.05) is 0 Å². The van der Waals surface area contributed by atoms with Crippen molar-refractivity contribution in [2.75, 3.05) is 0 Å². The molecule has 0 aromatic rings. The van der Waals surface area contributed by atoms with Gasteiger partial charge in [0.1, 0.15) is 0 Å². The molecule has 0 rings (SSSR count). The number of rotatable bonds is 8. The number of hydrogen-bond acceptors (Lipinski definition) is 0. The molecule has 0 saturated carbocycles. The van der Waals surface area contributed by atoms with Crippen LogP contribution in [-0.2, 0) is 16.1 Å². The van der Waals surface area contributed by atoms with Crippen molar-refractivity contribution in [2.24, 2.45) is 0 Å². The van der Waals surface area contributed by atoms with E-state index in [0.717, 1.165) is 0 Å². The first-order chi connectivity index (χ1) is 6.24. The van der Waals surface area contributed by atoms with Crippen LogP contribution in [0.3, 0.4) is 0 Å². The van der Waals surface area contributed by atoms with Crippen molar-refractivity contribution < 1.29 is 16.1 Å². The van der Waals surface area contributed by atoms with Gasteiger partial charge < -0.3 is 0 Å². The monoisotopic (exact) mass is 262 g/mol. The zero-order chi connectivity index (χ0) is 10.2. The van der Waals surface area contributed by atoms with Crippen LogP contribution in [0.1, 0.15) is 0 Å². The Balaban J connectivity index is 4.53. The average Bonchev–Trinajstić information content (AvgIpc) is 2.06. The van der Waals surface area contributed by atoms with Crippen molar-refractivity contribution >= 4 is 0 Å². The molecule has 0 atom stereocenters. The van der Waals surface area contributed by atoms with Crippen LogP contribution in [0.25, 0.3) is 0 Å². The Bertz CT molecular complexity index is 146. The normalized spacial score (nSPS) is 11.7. The summed E-state index contributed by atoms with van der Waals surface area (Å²) in [5.41, 5.74) is 0. The fourth-order valence-corrected chi connectivity index (χ4v) is 8.33. The van der Waals surface area contributed by atoms with E-state index in [1.807, 2.05) is 0 Å². The van der Waals surface area contributed by atoms with Crippen LogP contribution in [0.4, 0.5) is 0 Å². The SMILES string of the molecule is C=C[CH2][Mo]([CH2]C=C)([CH2]C=C)[CH2]C=C. The first-order valence-corrected chi connectivity index (χ1v) is 10.1. The summed E-state index contributed by atoms with van der Waals surface area (Å²) in [6, 6.07) is 0. The van der Waals surface area contributed by atoms with E-state index in [4.69, 9.17) is 0 Å². The van der Waals surface area contributed by atoms with E-state index in [1.165, 1.54) is 19.2 Å². The molecule has 0 aliphatic carbocycles. The topological polar surface area (TPSA) is 0 Å². The van der Waals surface area contributed by atoms with Crippen molar-refractivity contribution in [3.05, 3.63) is 50.6 Å². The Kier molecular flexibility index (Phi) is 6.90. The van der Waals surface area contributed by atoms with Gasteiger partial charge in [0.05, 0.1) is 0 Å². The zero-order valence-corrected chi connectivity index (χ0v) is 10.4. The van der Waals surface area contributed by atoms with E-state index in [-0.39, 0.29) is 0 Å². The molecule has 0 N–H and O–H groups in total. The van der Waals surface area contributed by atoms with Crippen molar-refractivity contribution in [1.82, 2.24) is 0 Å². The Hall–Kier alpha value is -0.352. The molecular formula is C12H20Mo. The summed E-state index contributed by atoms with van der Waals surface area (Å²) in [5.74, 6) is 0. The molecule has 13 heavy (non-hydrogen) atoms. The molecule has 0 radical (unpaired) electrons. The van der Waals surface area contributed by atoms with Gasteiger partial charge in [0.25, 0.3) is 0 Å². The van der Waals surface area contributed by atoms with Crippen LogP contribution in [0.5, 0.6) is 0 Å². The number of hydrogen-bond donors (Lipinski definition) is 0. The summed E-state index contributed by atoms with van der Waals surface area (Å²) in [6.45, 7) is 15.3. The summed E-state index contributed by atoms with van der Waals surface area (Å²) in [7, 11) is 0. The Morgan fingerprint density at radius 2 is 0.846 bits per heavy atom. The van der Waals surface area contributed by atoms with Crippen LogP contribution in [0.2, 0.25) is 19.2 Å². The van der Waals surface area contributed by atoms with Gasteiger partial charge >= 0.3 is 85.9 Å². The molecule has 0 aromatic carbocycles. The van der Waals surface area contributed by atoms with Crippen LogP contribution in [0.15, 0.2) is 50.6 Å². The zero-order valence-electron chi connectivity index (χ0n) is 8.37. The van der Waals surface area contributed by atoms with Crippen LogP contribution >= 0.6 is 0 Å². The molecule has 0 aromatic heterocycles. The average molecular weight is 260 g/mol. The Labute approximate surface area is 85.9 Å². The van der Waals surface area contributed by atoms with Gasteiger partial charge in [-0.1, -0.05) is 0 Å². The van der Waals surface area contributed by atoms with E-state index in [9.17, 15) is 0 Å². The fraction of sp³-hybridized carbons (Fsp3) is 0.333. The third kappa shape index (κ3) is 4.43. The molecule has 1 heteroatoms. The molecule has 0 nitrogen and oxygen atoms in total. The number of allylic oxidation sites excluding steroid dienone is 4. The molecule has 0 spiro atoms. The van der Waals surface area contributed by atoms with Gasteiger partial charge in [-0.25, -0.2) is 0 Å². The molecular weight excluding hydrogens is 240 g/mol. The van der Waals surface area contributed by atoms with Crippen LogP contribution in [-0.4, -0.2) is 0 Å². The molecule has 0 aliphatic rings. The third-order valence-electron chi connectivity index (χ3n) is 1.89. The Morgan fingerprint density at radius 1 is 0.615 bits per heavy atom. The van der Waals surface area contributed by atoms with Crippen molar-refractivity contribution in [3.8, 4) is 0 Å². The van der Waals surface area contributed by atoms with Crippen LogP contribution < -0.4 is 0 Å². The van der Waals surface area contributed by atoms with E-state index in [2.05, 4.69) is 50.6 Å². The van der Waals surface area contributed by atoms with E-state index in [0.29, 0.717) is 0 Å². The van der Waals surface area contributed by atoms with E-state index >= 15 is 0 Å². The van der Waals surface area contributed by atoms with Crippen molar-refractivity contribution in [1.29, 1.82) is 0 Å². The first kappa shape index (κ1) is 12.6. The molecule has 0 fully saturated rings. The molecule has 0 amide bonds. The minimum atomic E-state index is -1.82. The molecule has 0 bridgehead atoms. The van der Waals surface area contributed by atoms with Gasteiger partial charge in [0.15, 0.2) is 0 Å². The van der Waals surface area contributed by atoms with Crippen molar-refractivity contribution in [2.45, 2.75) is 19.2 Å². The van der Waals surface area contributed by atoms with Gasteiger partial charge in [-0.3, -0.25) is 0 Å². The maximum absolute atomic E-state index is 3.84. The van der Waals surface area contributed by atoms with Gasteiger partial charge in [0.2, 0.25) is 0 Å². The summed E-state index contributed by atoms with van der Waals surface area (Å²) in [6.07, 6.45) is 8.21. The second-order valence-electron chi connectivity index (χ2n) is 3.05. The second-order valence-corrected chi connectivity index (χ2v) is 12.3. The maximum atomic E-state index is 3.84. The predicted octanol–water partition coefficient (Wildman–Crippen LogP) is 4.56. The van der Waals surface area contributed by atoms with Gasteiger partial charge in [-0.05, 0) is 0 Å². The predicted molar refractivity (Wildman–Crippen MR) is 60.0 cm³/mol. The minimum absolute atomic E-state index is 1.19. The fourth-order valence-electron chi connectivity index (χ4n) is 1.41. The standard InChI is InChI=1S/4C3H5.Mo/c4*1-3-2;/h4*3H,1-2H2;. The molecule has 74 valence electrons. The van der Waals surface area contributed by atoms with E-state index in [1.54, 1.807) is 0 Å². The Morgan fingerprint density at radius 3 is 1.00 bits per heavy atom. The molecule has 0 aliphatic heterocycles. The summed E-state index contributed by atoms with van der Waals surface area (Å²) < 4.78 is 0. The summed E-state index contributed by atoms with van der Waals surface area (Å²) in [5, 5.41) is 0. The van der Waals surface area contributed by atoms with Gasteiger partial charge in [-0.2, -0.15) is 0 Å². The van der Waals surface area contributed by atoms with Crippen LogP contribution in [0, 0.1) is 0 Å². The van der Waals surface area contributed by atoms with Gasteiger partial charge in [-0.15, -0.1) is 0 Å². The quantitative estimate of drug-likeness (QED) is 0.443. The van der Waals surface area contributed by atoms with Crippen molar-refractivity contribution in [3.63, 3.8) is 0 Å². The second kappa shape index (κ2) is 7.09. The molecule has 0 saturated heterocycles. The molecule has 0 heterocycles. The van der Waals surface area contributed by atoms with E-state index < -0.39 is 16.1 Å². The first-order valence-electron chi connectivity index (χ1n) is 4.42.